The molecule has 0 atom stereocenters. The van der Waals surface area contributed by atoms with Crippen molar-refractivity contribution in [3.05, 3.63) is 23.9 Å². The molecule has 1 aromatic heterocycles. The molecule has 0 bridgehead atoms. The smallest absolute Gasteiger partial charge is 0.322 e. The molecule has 0 saturated carbocycles. The van der Waals surface area contributed by atoms with E-state index in [1.165, 1.54) is 14.2 Å². The van der Waals surface area contributed by atoms with Crippen molar-refractivity contribution >= 4 is 22.8 Å². The SMILES string of the molecule is COc1cc2cc(C(=O)NCC(=O)O)[nH]c2cc1OC. The average molecular weight is 278 g/mol. The summed E-state index contributed by atoms with van der Waals surface area (Å²) in [7, 11) is 3.05. The van der Waals surface area contributed by atoms with Gasteiger partial charge in [0.25, 0.3) is 5.91 Å². The Hall–Kier alpha value is -2.70. The van der Waals surface area contributed by atoms with Gasteiger partial charge in [0.2, 0.25) is 0 Å². The van der Waals surface area contributed by atoms with Crippen LogP contribution in [0.5, 0.6) is 11.5 Å². The Bertz CT molecular complexity index is 621. The highest BCUT2D eigenvalue weighted by molar-refractivity contribution is 5.99. The van der Waals surface area contributed by atoms with Crippen LogP contribution in [-0.2, 0) is 4.79 Å². The first-order valence-electron chi connectivity index (χ1n) is 5.80. The number of aromatic nitrogens is 1. The Morgan fingerprint density at radius 3 is 2.45 bits per heavy atom. The Kier molecular flexibility index (Phi) is 3.79. The van der Waals surface area contributed by atoms with Crippen LogP contribution in [-0.4, -0.2) is 42.7 Å². The minimum Gasteiger partial charge on any atom is -0.493 e. The fourth-order valence-corrected chi connectivity index (χ4v) is 1.83. The molecule has 0 radical (unpaired) electrons. The number of hydrogen-bond acceptors (Lipinski definition) is 4. The lowest BCUT2D eigenvalue weighted by atomic mass is 10.2. The Labute approximate surface area is 114 Å². The number of aromatic amines is 1. The standard InChI is InChI=1S/C13H14N2O5/c1-19-10-4-7-3-9(13(18)14-6-12(16)17)15-8(7)5-11(10)20-2/h3-5,15H,6H2,1-2H3,(H,14,18)(H,16,17). The van der Waals surface area contributed by atoms with Gasteiger partial charge < -0.3 is 24.9 Å². The molecule has 0 aliphatic heterocycles. The van der Waals surface area contributed by atoms with Gasteiger partial charge in [-0.3, -0.25) is 9.59 Å². The van der Waals surface area contributed by atoms with Crippen molar-refractivity contribution in [1.29, 1.82) is 0 Å². The van der Waals surface area contributed by atoms with E-state index in [0.717, 1.165) is 5.39 Å². The van der Waals surface area contributed by atoms with Gasteiger partial charge in [-0.05, 0) is 12.1 Å². The number of carboxylic acids is 1. The molecule has 2 rings (SSSR count). The molecule has 1 aromatic carbocycles. The van der Waals surface area contributed by atoms with Crippen LogP contribution in [0.1, 0.15) is 10.5 Å². The molecule has 0 fully saturated rings. The number of ether oxygens (including phenoxy) is 2. The predicted octanol–water partition coefficient (Wildman–Crippen LogP) is 0.999. The van der Waals surface area contributed by atoms with Crippen molar-refractivity contribution < 1.29 is 24.2 Å². The van der Waals surface area contributed by atoms with Gasteiger partial charge in [0, 0.05) is 17.0 Å². The Balaban J connectivity index is 2.33. The highest BCUT2D eigenvalue weighted by Crippen LogP contribution is 2.32. The summed E-state index contributed by atoms with van der Waals surface area (Å²) < 4.78 is 10.3. The quantitative estimate of drug-likeness (QED) is 0.757. The van der Waals surface area contributed by atoms with E-state index in [-0.39, 0.29) is 5.69 Å². The fraction of sp³-hybridized carbons (Fsp3) is 0.231. The number of carboxylic acid groups (broad SMARTS) is 1. The van der Waals surface area contributed by atoms with Crippen molar-refractivity contribution in [2.45, 2.75) is 0 Å². The van der Waals surface area contributed by atoms with E-state index in [1.54, 1.807) is 18.2 Å². The monoisotopic (exact) mass is 278 g/mol. The molecule has 0 spiro atoms. The summed E-state index contributed by atoms with van der Waals surface area (Å²) in [5.74, 6) is -0.491. The second-order valence-electron chi connectivity index (χ2n) is 4.05. The summed E-state index contributed by atoms with van der Waals surface area (Å²) in [5, 5.41) is 11.6. The van der Waals surface area contributed by atoms with E-state index in [0.29, 0.717) is 17.0 Å². The van der Waals surface area contributed by atoms with Gasteiger partial charge in [0.15, 0.2) is 11.5 Å². The van der Waals surface area contributed by atoms with E-state index >= 15 is 0 Å². The van der Waals surface area contributed by atoms with Crippen LogP contribution in [0.15, 0.2) is 18.2 Å². The maximum Gasteiger partial charge on any atom is 0.322 e. The summed E-state index contributed by atoms with van der Waals surface area (Å²) in [4.78, 5) is 25.1. The number of methoxy groups -OCH3 is 2. The summed E-state index contributed by atoms with van der Waals surface area (Å²) >= 11 is 0. The second-order valence-corrected chi connectivity index (χ2v) is 4.05. The number of H-pyrrole nitrogens is 1. The van der Waals surface area contributed by atoms with Gasteiger partial charge in [0.05, 0.1) is 14.2 Å². The number of carbonyl (C=O) groups excluding carboxylic acids is 1. The lowest BCUT2D eigenvalue weighted by Gasteiger charge is -2.06. The molecule has 1 heterocycles. The van der Waals surface area contributed by atoms with Gasteiger partial charge in [-0.25, -0.2) is 0 Å². The van der Waals surface area contributed by atoms with Gasteiger partial charge in [-0.2, -0.15) is 0 Å². The zero-order chi connectivity index (χ0) is 14.7. The lowest BCUT2D eigenvalue weighted by molar-refractivity contribution is -0.135. The molecule has 0 saturated heterocycles. The molecule has 1 amide bonds. The van der Waals surface area contributed by atoms with Gasteiger partial charge in [-0.1, -0.05) is 0 Å². The van der Waals surface area contributed by atoms with Gasteiger partial charge in [-0.15, -0.1) is 0 Å². The maximum atomic E-state index is 11.8. The highest BCUT2D eigenvalue weighted by atomic mass is 16.5. The first kappa shape index (κ1) is 13.7. The van der Waals surface area contributed by atoms with Crippen LogP contribution in [0.2, 0.25) is 0 Å². The number of nitrogens with one attached hydrogen (secondary N) is 2. The number of benzene rings is 1. The van der Waals surface area contributed by atoms with Crippen LogP contribution in [0.25, 0.3) is 10.9 Å². The summed E-state index contributed by atoms with van der Waals surface area (Å²) in [6, 6.07) is 5.06. The average Bonchev–Trinajstić information content (AvgIpc) is 2.85. The highest BCUT2D eigenvalue weighted by Gasteiger charge is 2.13. The van der Waals surface area contributed by atoms with Crippen LogP contribution in [0, 0.1) is 0 Å². The van der Waals surface area contributed by atoms with Crippen LogP contribution in [0.4, 0.5) is 0 Å². The van der Waals surface area contributed by atoms with Crippen molar-refractivity contribution in [2.24, 2.45) is 0 Å². The summed E-state index contributed by atoms with van der Waals surface area (Å²) in [5.41, 5.74) is 0.972. The zero-order valence-corrected chi connectivity index (χ0v) is 11.0. The third-order valence-electron chi connectivity index (χ3n) is 2.77. The molecular weight excluding hydrogens is 264 g/mol. The lowest BCUT2D eigenvalue weighted by Crippen LogP contribution is -2.29. The first-order chi connectivity index (χ1) is 9.55. The third-order valence-corrected chi connectivity index (χ3v) is 2.77. The van der Waals surface area contributed by atoms with Gasteiger partial charge >= 0.3 is 5.97 Å². The Morgan fingerprint density at radius 1 is 1.20 bits per heavy atom. The van der Waals surface area contributed by atoms with E-state index in [9.17, 15) is 9.59 Å². The van der Waals surface area contributed by atoms with E-state index < -0.39 is 18.4 Å². The number of amides is 1. The number of aliphatic carboxylic acids is 1. The van der Waals surface area contributed by atoms with Crippen LogP contribution >= 0.6 is 0 Å². The van der Waals surface area contributed by atoms with Crippen molar-refractivity contribution in [1.82, 2.24) is 10.3 Å². The number of hydrogen-bond donors (Lipinski definition) is 3. The second kappa shape index (κ2) is 5.52. The van der Waals surface area contributed by atoms with Crippen LogP contribution in [0.3, 0.4) is 0 Å². The van der Waals surface area contributed by atoms with Crippen molar-refractivity contribution in [3.8, 4) is 11.5 Å². The molecule has 20 heavy (non-hydrogen) atoms. The first-order valence-corrected chi connectivity index (χ1v) is 5.80. The van der Waals surface area contributed by atoms with Gasteiger partial charge in [0.1, 0.15) is 12.2 Å². The molecular formula is C13H14N2O5. The molecule has 2 aromatic rings. The van der Waals surface area contributed by atoms with Crippen LogP contribution < -0.4 is 14.8 Å². The van der Waals surface area contributed by atoms with E-state index in [1.807, 2.05) is 0 Å². The fourth-order valence-electron chi connectivity index (χ4n) is 1.83. The van der Waals surface area contributed by atoms with Crippen molar-refractivity contribution in [2.75, 3.05) is 20.8 Å². The topological polar surface area (TPSA) is 101 Å². The molecule has 7 nitrogen and oxygen atoms in total. The number of rotatable bonds is 5. The molecule has 0 aliphatic rings. The molecule has 0 unspecified atom stereocenters. The number of fused-ring (bicyclic) bond motifs is 1. The maximum absolute atomic E-state index is 11.8. The molecule has 3 N–H and O–H groups in total. The summed E-state index contributed by atoms with van der Waals surface area (Å²) in [6.07, 6.45) is 0. The van der Waals surface area contributed by atoms with Crippen molar-refractivity contribution in [3.63, 3.8) is 0 Å². The predicted molar refractivity (Wildman–Crippen MR) is 71.4 cm³/mol. The minimum atomic E-state index is -1.10. The normalized spacial score (nSPS) is 10.3. The molecule has 0 aliphatic carbocycles. The van der Waals surface area contributed by atoms with E-state index in [2.05, 4.69) is 10.3 Å². The molecule has 7 heteroatoms. The largest absolute Gasteiger partial charge is 0.493 e. The Morgan fingerprint density at radius 2 is 1.85 bits per heavy atom. The molecule has 106 valence electrons. The third kappa shape index (κ3) is 2.66. The minimum absolute atomic E-state index is 0.275. The summed E-state index contributed by atoms with van der Waals surface area (Å²) in [6.45, 7) is -0.430. The zero-order valence-electron chi connectivity index (χ0n) is 11.0. The number of carbonyl (C=O) groups is 2. The van der Waals surface area contributed by atoms with E-state index in [4.69, 9.17) is 14.6 Å².